The van der Waals surface area contributed by atoms with Crippen LogP contribution in [0.3, 0.4) is 0 Å². The molecule has 0 saturated heterocycles. The molecule has 1 amide bonds. The molecule has 0 spiro atoms. The Morgan fingerprint density at radius 2 is 1.53 bits per heavy atom. The van der Waals surface area contributed by atoms with E-state index < -0.39 is 0 Å². The van der Waals surface area contributed by atoms with Gasteiger partial charge in [0.25, 0.3) is 5.91 Å². The van der Waals surface area contributed by atoms with E-state index >= 15 is 0 Å². The second kappa shape index (κ2) is 10.6. The van der Waals surface area contributed by atoms with E-state index in [4.69, 9.17) is 0 Å². The number of nitrogens with zero attached hydrogens (tertiary/aromatic N) is 1. The lowest BCUT2D eigenvalue weighted by molar-refractivity contribution is 0.0985. The van der Waals surface area contributed by atoms with E-state index in [0.29, 0.717) is 23.4 Å². The number of allylic oxidation sites excluding steroid dienone is 1. The minimum atomic E-state index is -0.378. The van der Waals surface area contributed by atoms with Gasteiger partial charge < -0.3 is 10.2 Å². The van der Waals surface area contributed by atoms with Gasteiger partial charge in [-0.2, -0.15) is 0 Å². The van der Waals surface area contributed by atoms with Crippen LogP contribution in [0.1, 0.15) is 28.4 Å². The predicted molar refractivity (Wildman–Crippen MR) is 139 cm³/mol. The fraction of sp³-hybridized carbons (Fsp3) is 0.100. The molecule has 0 heterocycles. The van der Waals surface area contributed by atoms with E-state index in [0.717, 1.165) is 22.4 Å². The second-order valence-corrected chi connectivity index (χ2v) is 8.02. The fourth-order valence-corrected chi connectivity index (χ4v) is 3.87. The lowest BCUT2D eigenvalue weighted by Gasteiger charge is -2.24. The first kappa shape index (κ1) is 23.0. The van der Waals surface area contributed by atoms with E-state index in [1.807, 2.05) is 86.8 Å². The third kappa shape index (κ3) is 5.41. The largest absolute Gasteiger partial charge is 0.388 e. The molecule has 34 heavy (non-hydrogen) atoms. The molecule has 0 aromatic heterocycles. The van der Waals surface area contributed by atoms with Gasteiger partial charge in [0.1, 0.15) is 5.82 Å². The zero-order chi connectivity index (χ0) is 23.9. The number of anilines is 2. The minimum absolute atomic E-state index is 0.177. The number of hydrogen-bond acceptors (Lipinski definition) is 2. The van der Waals surface area contributed by atoms with Crippen molar-refractivity contribution in [2.45, 2.75) is 13.5 Å². The van der Waals surface area contributed by atoms with Gasteiger partial charge in [-0.1, -0.05) is 66.7 Å². The molecule has 4 heteroatoms. The van der Waals surface area contributed by atoms with Crippen LogP contribution in [0.5, 0.6) is 0 Å². The molecule has 4 aromatic carbocycles. The van der Waals surface area contributed by atoms with Crippen LogP contribution in [-0.2, 0) is 6.54 Å². The normalized spacial score (nSPS) is 10.9. The highest BCUT2D eigenvalue weighted by molar-refractivity contribution is 6.06. The summed E-state index contributed by atoms with van der Waals surface area (Å²) in [5.41, 5.74) is 6.01. The molecule has 0 aliphatic rings. The maximum absolute atomic E-state index is 14.4. The first-order chi connectivity index (χ1) is 16.6. The average Bonchev–Trinajstić information content (AvgIpc) is 2.88. The second-order valence-electron chi connectivity index (χ2n) is 8.02. The smallest absolute Gasteiger partial charge is 0.258 e. The number of rotatable bonds is 7. The van der Waals surface area contributed by atoms with Gasteiger partial charge in [-0.05, 0) is 71.6 Å². The molecule has 0 unspecified atom stereocenters. The molecule has 0 bridgehead atoms. The van der Waals surface area contributed by atoms with Crippen LogP contribution >= 0.6 is 0 Å². The van der Waals surface area contributed by atoms with Gasteiger partial charge >= 0.3 is 0 Å². The molecule has 3 nitrogen and oxygen atoms in total. The van der Waals surface area contributed by atoms with Crippen molar-refractivity contribution < 1.29 is 9.18 Å². The number of benzene rings is 4. The monoisotopic (exact) mass is 450 g/mol. The molecule has 0 atom stereocenters. The third-order valence-electron chi connectivity index (χ3n) is 5.64. The number of carbonyl (C=O) groups excluding carboxylic acids is 1. The summed E-state index contributed by atoms with van der Waals surface area (Å²) in [4.78, 5) is 15.1. The Kier molecular flexibility index (Phi) is 7.19. The van der Waals surface area contributed by atoms with E-state index in [1.165, 1.54) is 12.1 Å². The summed E-state index contributed by atoms with van der Waals surface area (Å²) in [5.74, 6) is -0.554. The maximum atomic E-state index is 14.4. The molecule has 0 aliphatic carbocycles. The molecule has 1 N–H and O–H groups in total. The quantitative estimate of drug-likeness (QED) is 0.318. The van der Waals surface area contributed by atoms with Crippen LogP contribution in [0, 0.1) is 5.82 Å². The molecular weight excluding hydrogens is 423 g/mol. The van der Waals surface area contributed by atoms with E-state index in [9.17, 15) is 9.18 Å². The fourth-order valence-electron chi connectivity index (χ4n) is 3.87. The summed E-state index contributed by atoms with van der Waals surface area (Å²) in [7, 11) is 1.90. The third-order valence-corrected chi connectivity index (χ3v) is 5.64. The topological polar surface area (TPSA) is 32.3 Å². The number of amides is 1. The average molecular weight is 451 g/mol. The van der Waals surface area contributed by atoms with Crippen molar-refractivity contribution in [1.29, 1.82) is 0 Å². The number of nitrogens with one attached hydrogen (secondary N) is 1. The highest BCUT2D eigenvalue weighted by Crippen LogP contribution is 2.26. The highest BCUT2D eigenvalue weighted by atomic mass is 19.1. The summed E-state index contributed by atoms with van der Waals surface area (Å²) < 4.78 is 14.4. The molecule has 4 rings (SSSR count). The summed E-state index contributed by atoms with van der Waals surface area (Å²) in [6.07, 6.45) is 3.68. The first-order valence-electron chi connectivity index (χ1n) is 11.2. The van der Waals surface area contributed by atoms with Gasteiger partial charge in [0.2, 0.25) is 0 Å². The van der Waals surface area contributed by atoms with Gasteiger partial charge in [-0.15, -0.1) is 0 Å². The van der Waals surface area contributed by atoms with E-state index in [-0.39, 0.29) is 11.7 Å². The highest BCUT2D eigenvalue weighted by Gasteiger charge is 2.19. The SMILES string of the molecule is C/C=C/c1cc(F)cc(N(Cc2ccc(-c3ccc(NC)cc3)cc2)C(=O)c2ccccc2)c1. The minimum Gasteiger partial charge on any atom is -0.388 e. The number of halogens is 1. The zero-order valence-corrected chi connectivity index (χ0v) is 19.3. The van der Waals surface area contributed by atoms with E-state index in [2.05, 4.69) is 17.4 Å². The molecule has 0 radical (unpaired) electrons. The molecular formula is C30H27FN2O. The maximum Gasteiger partial charge on any atom is 0.258 e. The Labute approximate surface area is 200 Å². The van der Waals surface area contributed by atoms with Crippen molar-refractivity contribution in [3.05, 3.63) is 126 Å². The van der Waals surface area contributed by atoms with Crippen molar-refractivity contribution in [3.63, 3.8) is 0 Å². The van der Waals surface area contributed by atoms with Crippen LogP contribution in [0.2, 0.25) is 0 Å². The van der Waals surface area contributed by atoms with Gasteiger partial charge in [0.05, 0.1) is 6.54 Å². The Hall–Kier alpha value is -4.18. The molecule has 0 fully saturated rings. The van der Waals surface area contributed by atoms with Crippen LogP contribution in [-0.4, -0.2) is 13.0 Å². The Bertz CT molecular complexity index is 1280. The zero-order valence-electron chi connectivity index (χ0n) is 19.3. The molecule has 170 valence electrons. The van der Waals surface area contributed by atoms with Crippen molar-refractivity contribution >= 4 is 23.4 Å². The summed E-state index contributed by atoms with van der Waals surface area (Å²) in [5, 5.41) is 3.12. The van der Waals surface area contributed by atoms with Crippen molar-refractivity contribution in [2.24, 2.45) is 0 Å². The number of hydrogen-bond donors (Lipinski definition) is 1. The van der Waals surface area contributed by atoms with Gasteiger partial charge in [-0.25, -0.2) is 4.39 Å². The van der Waals surface area contributed by atoms with E-state index in [1.54, 1.807) is 17.0 Å². The Balaban J connectivity index is 1.66. The van der Waals surface area contributed by atoms with Gasteiger partial charge in [0.15, 0.2) is 0 Å². The van der Waals surface area contributed by atoms with Crippen molar-refractivity contribution in [1.82, 2.24) is 0 Å². The Morgan fingerprint density at radius 1 is 0.882 bits per heavy atom. The lowest BCUT2D eigenvalue weighted by Crippen LogP contribution is -2.30. The first-order valence-corrected chi connectivity index (χ1v) is 11.2. The predicted octanol–water partition coefficient (Wildman–Crippen LogP) is 7.41. The summed E-state index contributed by atoms with van der Waals surface area (Å²) in [6, 6.07) is 30.1. The summed E-state index contributed by atoms with van der Waals surface area (Å²) >= 11 is 0. The van der Waals surface area contributed by atoms with Gasteiger partial charge in [0, 0.05) is 24.0 Å². The van der Waals surface area contributed by atoms with Gasteiger partial charge in [-0.3, -0.25) is 4.79 Å². The standard InChI is InChI=1S/C30H27FN2O/c1-3-7-23-18-27(31)20-29(19-23)33(30(34)26-8-5-4-6-9-26)21-22-10-12-24(13-11-22)25-14-16-28(32-2)17-15-25/h3-20,32H,21H2,1-2H3/b7-3+. The summed E-state index contributed by atoms with van der Waals surface area (Å²) in [6.45, 7) is 2.21. The molecule has 0 aliphatic heterocycles. The lowest BCUT2D eigenvalue weighted by atomic mass is 10.0. The molecule has 0 saturated carbocycles. The van der Waals surface area contributed by atoms with Crippen LogP contribution in [0.4, 0.5) is 15.8 Å². The van der Waals surface area contributed by atoms with Crippen LogP contribution in [0.25, 0.3) is 17.2 Å². The Morgan fingerprint density at radius 3 is 2.15 bits per heavy atom. The molecule has 4 aromatic rings. The number of carbonyl (C=O) groups is 1. The van der Waals surface area contributed by atoms with Crippen molar-refractivity contribution in [3.8, 4) is 11.1 Å². The van der Waals surface area contributed by atoms with Crippen LogP contribution < -0.4 is 10.2 Å². The van der Waals surface area contributed by atoms with Crippen LogP contribution in [0.15, 0.2) is 103 Å². The van der Waals surface area contributed by atoms with Crippen molar-refractivity contribution in [2.75, 3.05) is 17.3 Å².